The van der Waals surface area contributed by atoms with Gasteiger partial charge in [-0.2, -0.15) is 0 Å². The van der Waals surface area contributed by atoms with Crippen LogP contribution in [0.3, 0.4) is 0 Å². The SMILES string of the molecule is CCc1cc(CC)c(/N=C(\C)c2cncc(/C(C)=N/c3c(CC)cc(CC)cc3CC)n2)c(CC)c1. The van der Waals surface area contributed by atoms with E-state index in [0.717, 1.165) is 72.7 Å². The summed E-state index contributed by atoms with van der Waals surface area (Å²) in [5, 5.41) is 0. The second-order valence-corrected chi connectivity index (χ2v) is 9.33. The van der Waals surface area contributed by atoms with Crippen LogP contribution in [0, 0.1) is 0 Å². The van der Waals surface area contributed by atoms with Gasteiger partial charge in [0, 0.05) is 0 Å². The van der Waals surface area contributed by atoms with Gasteiger partial charge in [-0.05, 0) is 85.8 Å². The molecule has 0 unspecified atom stereocenters. The lowest BCUT2D eigenvalue weighted by atomic mass is 9.98. The lowest BCUT2D eigenvalue weighted by Crippen LogP contribution is -2.07. The minimum atomic E-state index is 0.790. The minimum Gasteiger partial charge on any atom is -0.260 e. The van der Waals surface area contributed by atoms with Gasteiger partial charge < -0.3 is 0 Å². The maximum atomic E-state index is 5.08. The highest BCUT2D eigenvalue weighted by Gasteiger charge is 2.13. The number of rotatable bonds is 10. The van der Waals surface area contributed by atoms with Gasteiger partial charge in [-0.25, -0.2) is 4.98 Å². The van der Waals surface area contributed by atoms with E-state index in [1.54, 1.807) is 12.4 Å². The minimum absolute atomic E-state index is 0.790. The number of aromatic nitrogens is 2. The molecule has 0 spiro atoms. The third-order valence-electron chi connectivity index (χ3n) is 6.93. The van der Waals surface area contributed by atoms with E-state index in [0.29, 0.717) is 0 Å². The van der Waals surface area contributed by atoms with E-state index in [1.165, 1.54) is 33.4 Å². The van der Waals surface area contributed by atoms with Crippen LogP contribution in [0.1, 0.15) is 100 Å². The van der Waals surface area contributed by atoms with Crippen molar-refractivity contribution in [1.82, 2.24) is 9.97 Å². The van der Waals surface area contributed by atoms with Crippen molar-refractivity contribution in [1.29, 1.82) is 0 Å². The molecule has 0 aliphatic rings. The molecule has 2 aromatic carbocycles. The van der Waals surface area contributed by atoms with Gasteiger partial charge in [0.2, 0.25) is 0 Å². The van der Waals surface area contributed by atoms with Gasteiger partial charge in [0.1, 0.15) is 11.4 Å². The first kappa shape index (κ1) is 27.4. The van der Waals surface area contributed by atoms with Gasteiger partial charge >= 0.3 is 0 Å². The van der Waals surface area contributed by atoms with Crippen molar-refractivity contribution >= 4 is 22.8 Å². The first-order chi connectivity index (χ1) is 17.4. The zero-order valence-electron chi connectivity index (χ0n) is 23.5. The summed E-state index contributed by atoms with van der Waals surface area (Å²) in [5.74, 6) is 0. The lowest BCUT2D eigenvalue weighted by molar-refractivity contribution is 1.04. The third kappa shape index (κ3) is 6.16. The third-order valence-corrected chi connectivity index (χ3v) is 6.93. The number of hydrogen-bond donors (Lipinski definition) is 0. The Balaban J connectivity index is 2.04. The summed E-state index contributed by atoms with van der Waals surface area (Å²) >= 11 is 0. The highest BCUT2D eigenvalue weighted by atomic mass is 14.9. The summed E-state index contributed by atoms with van der Waals surface area (Å²) in [6, 6.07) is 9.19. The molecular formula is C32H42N4. The van der Waals surface area contributed by atoms with Gasteiger partial charge in [0.25, 0.3) is 0 Å². The highest BCUT2D eigenvalue weighted by molar-refractivity contribution is 6.02. The molecule has 0 saturated heterocycles. The summed E-state index contributed by atoms with van der Waals surface area (Å²) in [6.45, 7) is 17.3. The molecule has 0 radical (unpaired) electrons. The monoisotopic (exact) mass is 482 g/mol. The molecule has 36 heavy (non-hydrogen) atoms. The average molecular weight is 483 g/mol. The summed E-state index contributed by atoms with van der Waals surface area (Å²) in [4.78, 5) is 19.6. The van der Waals surface area contributed by atoms with Crippen molar-refractivity contribution < 1.29 is 0 Å². The van der Waals surface area contributed by atoms with Crippen molar-refractivity contribution in [3.8, 4) is 0 Å². The molecule has 0 fully saturated rings. The fraction of sp³-hybridized carbons (Fsp3) is 0.438. The molecule has 0 atom stereocenters. The van der Waals surface area contributed by atoms with Crippen molar-refractivity contribution in [3.63, 3.8) is 0 Å². The zero-order chi connectivity index (χ0) is 26.2. The summed E-state index contributed by atoms with van der Waals surface area (Å²) < 4.78 is 0. The number of aryl methyl sites for hydroxylation is 6. The topological polar surface area (TPSA) is 50.5 Å². The maximum Gasteiger partial charge on any atom is 0.103 e. The molecule has 190 valence electrons. The lowest BCUT2D eigenvalue weighted by Gasteiger charge is -2.14. The molecule has 1 heterocycles. The predicted octanol–water partition coefficient (Wildman–Crippen LogP) is 8.13. The van der Waals surface area contributed by atoms with Gasteiger partial charge in [0.15, 0.2) is 0 Å². The average Bonchev–Trinajstić information content (AvgIpc) is 2.92. The zero-order valence-corrected chi connectivity index (χ0v) is 23.5. The fourth-order valence-electron chi connectivity index (χ4n) is 4.60. The normalized spacial score (nSPS) is 12.3. The van der Waals surface area contributed by atoms with Gasteiger partial charge in [-0.1, -0.05) is 65.8 Å². The van der Waals surface area contributed by atoms with Gasteiger partial charge in [-0.3, -0.25) is 15.0 Å². The molecule has 0 bridgehead atoms. The Labute approximate surface area is 218 Å². The Kier molecular flexibility index (Phi) is 9.69. The molecule has 1 aromatic heterocycles. The first-order valence-electron chi connectivity index (χ1n) is 13.6. The van der Waals surface area contributed by atoms with Crippen LogP contribution in [-0.2, 0) is 38.5 Å². The molecular weight excluding hydrogens is 440 g/mol. The number of benzene rings is 2. The van der Waals surface area contributed by atoms with Crippen LogP contribution in [0.25, 0.3) is 0 Å². The van der Waals surface area contributed by atoms with Crippen LogP contribution in [-0.4, -0.2) is 21.4 Å². The van der Waals surface area contributed by atoms with Crippen LogP contribution >= 0.6 is 0 Å². The van der Waals surface area contributed by atoms with E-state index in [-0.39, 0.29) is 0 Å². The summed E-state index contributed by atoms with van der Waals surface area (Å²) in [7, 11) is 0. The molecule has 3 aromatic rings. The molecule has 0 aliphatic carbocycles. The van der Waals surface area contributed by atoms with Gasteiger partial charge in [0.05, 0.1) is 35.2 Å². The van der Waals surface area contributed by atoms with Crippen LogP contribution in [0.4, 0.5) is 11.4 Å². The van der Waals surface area contributed by atoms with Crippen molar-refractivity contribution in [2.24, 2.45) is 9.98 Å². The van der Waals surface area contributed by atoms with E-state index in [4.69, 9.17) is 15.0 Å². The first-order valence-corrected chi connectivity index (χ1v) is 13.6. The van der Waals surface area contributed by atoms with Crippen LogP contribution in [0.5, 0.6) is 0 Å². The number of hydrogen-bond acceptors (Lipinski definition) is 4. The Bertz CT molecular complexity index is 1120. The maximum absolute atomic E-state index is 5.08. The van der Waals surface area contributed by atoms with Crippen LogP contribution < -0.4 is 0 Å². The van der Waals surface area contributed by atoms with E-state index in [2.05, 4.69) is 70.8 Å². The summed E-state index contributed by atoms with van der Waals surface area (Å²) in [6.07, 6.45) is 9.52. The molecule has 0 saturated carbocycles. The predicted molar refractivity (Wildman–Crippen MR) is 155 cm³/mol. The van der Waals surface area contributed by atoms with Gasteiger partial charge in [-0.15, -0.1) is 0 Å². The van der Waals surface area contributed by atoms with E-state index in [9.17, 15) is 0 Å². The molecule has 4 heteroatoms. The van der Waals surface area contributed by atoms with Crippen LogP contribution in [0.15, 0.2) is 46.6 Å². The second-order valence-electron chi connectivity index (χ2n) is 9.33. The van der Waals surface area contributed by atoms with E-state index in [1.807, 2.05) is 13.8 Å². The Morgan fingerprint density at radius 3 is 1.17 bits per heavy atom. The summed E-state index contributed by atoms with van der Waals surface area (Å²) in [5.41, 5.74) is 13.4. The number of aliphatic imine (C=N–C) groups is 2. The van der Waals surface area contributed by atoms with Crippen LogP contribution in [0.2, 0.25) is 0 Å². The van der Waals surface area contributed by atoms with Crippen molar-refractivity contribution in [2.45, 2.75) is 93.9 Å². The van der Waals surface area contributed by atoms with Crippen molar-refractivity contribution in [2.75, 3.05) is 0 Å². The second kappa shape index (κ2) is 12.7. The molecule has 0 aliphatic heterocycles. The standard InChI is InChI=1S/C32H42N4/c1-9-23-15-25(11-3)31(26(12-4)16-23)34-21(7)29-19-33-20-30(36-29)22(8)35-32-27(13-5)17-24(10-2)18-28(32)14-6/h15-20H,9-14H2,1-8H3/b34-21+,35-22+. The Morgan fingerprint density at radius 1 is 0.556 bits per heavy atom. The molecule has 3 rings (SSSR count). The Morgan fingerprint density at radius 2 is 0.889 bits per heavy atom. The highest BCUT2D eigenvalue weighted by Crippen LogP contribution is 2.30. The molecule has 0 N–H and O–H groups in total. The smallest absolute Gasteiger partial charge is 0.103 e. The fourth-order valence-corrected chi connectivity index (χ4v) is 4.60. The Hall–Kier alpha value is -3.14. The van der Waals surface area contributed by atoms with E-state index >= 15 is 0 Å². The molecule has 0 amide bonds. The molecule has 4 nitrogen and oxygen atoms in total. The quantitative estimate of drug-likeness (QED) is 0.274. The number of nitrogens with zero attached hydrogens (tertiary/aromatic N) is 4. The van der Waals surface area contributed by atoms with Crippen molar-refractivity contribution in [3.05, 3.63) is 81.4 Å². The largest absolute Gasteiger partial charge is 0.260 e. The van der Waals surface area contributed by atoms with E-state index < -0.39 is 0 Å².